The van der Waals surface area contributed by atoms with Gasteiger partial charge in [-0.2, -0.15) is 14.7 Å². The number of rotatable bonds is 3. The number of nitro groups is 1. The first-order chi connectivity index (χ1) is 7.23. The predicted molar refractivity (Wildman–Crippen MR) is 55.7 cm³/mol. The van der Waals surface area contributed by atoms with E-state index in [-0.39, 0.29) is 11.3 Å². The highest BCUT2D eigenvalue weighted by Gasteiger charge is 2.44. The Bertz CT molecular complexity index is 452. The van der Waals surface area contributed by atoms with Crippen LogP contribution in [0.3, 0.4) is 0 Å². The van der Waals surface area contributed by atoms with E-state index in [0.29, 0.717) is 5.56 Å². The zero-order valence-electron chi connectivity index (χ0n) is 8.19. The summed E-state index contributed by atoms with van der Waals surface area (Å²) in [5, 5.41) is 10.6. The van der Waals surface area contributed by atoms with Crippen molar-refractivity contribution >= 4 is 19.2 Å². The zero-order chi connectivity index (χ0) is 12.5. The molecule has 0 saturated heterocycles. The summed E-state index contributed by atoms with van der Waals surface area (Å²) in [6, 6.07) is 3.37. The molecule has 7 nitrogen and oxygen atoms in total. The molecule has 0 atom stereocenters. The van der Waals surface area contributed by atoms with Crippen molar-refractivity contribution in [1.29, 1.82) is 0 Å². The van der Waals surface area contributed by atoms with E-state index < -0.39 is 18.4 Å². The van der Waals surface area contributed by atoms with Crippen LogP contribution in [0.25, 0.3) is 0 Å². The van der Waals surface area contributed by atoms with Gasteiger partial charge in [-0.1, -0.05) is 6.07 Å². The Morgan fingerprint density at radius 2 is 1.94 bits per heavy atom. The minimum atomic E-state index is -4.66. The van der Waals surface area contributed by atoms with Crippen LogP contribution in [0.15, 0.2) is 18.2 Å². The SMILES string of the molecule is Cc1ccc(C(=O)[P+](O)(O)O)cc1[N+](=O)[O-]. The van der Waals surface area contributed by atoms with Gasteiger partial charge in [0.25, 0.3) is 5.69 Å². The second-order valence-corrected chi connectivity index (χ2v) is 4.67. The number of hydrogen-bond donors (Lipinski definition) is 3. The average Bonchev–Trinajstić information content (AvgIpc) is 2.15. The fourth-order valence-electron chi connectivity index (χ4n) is 1.11. The Morgan fingerprint density at radius 3 is 2.38 bits per heavy atom. The van der Waals surface area contributed by atoms with Crippen molar-refractivity contribution in [2.75, 3.05) is 0 Å². The van der Waals surface area contributed by atoms with Crippen molar-refractivity contribution in [2.24, 2.45) is 0 Å². The van der Waals surface area contributed by atoms with E-state index in [1.54, 1.807) is 0 Å². The Balaban J connectivity index is 3.24. The average molecular weight is 246 g/mol. The molecule has 1 rings (SSSR count). The lowest BCUT2D eigenvalue weighted by Gasteiger charge is -2.02. The van der Waals surface area contributed by atoms with Gasteiger partial charge in [0.1, 0.15) is 0 Å². The molecule has 0 spiro atoms. The van der Waals surface area contributed by atoms with E-state index in [0.717, 1.165) is 6.07 Å². The number of nitro benzene ring substituents is 1. The van der Waals surface area contributed by atoms with Crippen LogP contribution in [0.4, 0.5) is 5.69 Å². The molecule has 0 fully saturated rings. The fraction of sp³-hybridized carbons (Fsp3) is 0.125. The largest absolute Gasteiger partial charge is 0.483 e. The molecule has 0 unspecified atom stereocenters. The molecule has 1 aromatic carbocycles. The van der Waals surface area contributed by atoms with E-state index >= 15 is 0 Å². The van der Waals surface area contributed by atoms with Gasteiger partial charge in [-0.05, 0) is 13.0 Å². The summed E-state index contributed by atoms with van der Waals surface area (Å²) >= 11 is 0. The summed E-state index contributed by atoms with van der Waals surface area (Å²) < 4.78 is 0. The van der Waals surface area contributed by atoms with E-state index in [9.17, 15) is 14.9 Å². The molecule has 0 aliphatic heterocycles. The lowest BCUT2D eigenvalue weighted by molar-refractivity contribution is -0.385. The van der Waals surface area contributed by atoms with Gasteiger partial charge >= 0.3 is 13.5 Å². The predicted octanol–water partition coefficient (Wildman–Crippen LogP) is 0.783. The van der Waals surface area contributed by atoms with Gasteiger partial charge in [-0.3, -0.25) is 10.1 Å². The minimum absolute atomic E-state index is 0.307. The maximum atomic E-state index is 11.2. The number of benzene rings is 1. The molecule has 8 heteroatoms. The van der Waals surface area contributed by atoms with Crippen LogP contribution in [0.2, 0.25) is 0 Å². The number of carbonyl (C=O) groups excluding carboxylic acids is 1. The monoisotopic (exact) mass is 246 g/mol. The quantitative estimate of drug-likeness (QED) is 0.411. The van der Waals surface area contributed by atoms with E-state index in [1.165, 1.54) is 19.1 Å². The molecular formula is C8H9NO6P+. The van der Waals surface area contributed by atoms with E-state index in [1.807, 2.05) is 0 Å². The third kappa shape index (κ3) is 2.59. The maximum absolute atomic E-state index is 11.2. The number of hydrogen-bond acceptors (Lipinski definition) is 6. The molecule has 16 heavy (non-hydrogen) atoms. The summed E-state index contributed by atoms with van der Waals surface area (Å²) in [6.07, 6.45) is 0. The first kappa shape index (κ1) is 12.7. The molecule has 0 saturated carbocycles. The van der Waals surface area contributed by atoms with Crippen molar-refractivity contribution in [3.8, 4) is 0 Å². The normalized spacial score (nSPS) is 11.2. The standard InChI is InChI=1S/C8H9NO6P/c1-5-2-3-6(4-7(5)9(11)12)8(10)16(13,14)15/h2-4,13-15H,1H3/q+1. The van der Waals surface area contributed by atoms with E-state index in [4.69, 9.17) is 14.7 Å². The van der Waals surface area contributed by atoms with Gasteiger partial charge in [-0.15, -0.1) is 0 Å². The molecule has 0 radical (unpaired) electrons. The minimum Gasteiger partial charge on any atom is -0.258 e. The summed E-state index contributed by atoms with van der Waals surface area (Å²) in [5.74, 6) is 0. The van der Waals surface area contributed by atoms with Crippen LogP contribution < -0.4 is 0 Å². The van der Waals surface area contributed by atoms with Gasteiger partial charge in [0.15, 0.2) is 0 Å². The molecule has 86 valence electrons. The molecule has 0 aliphatic rings. The zero-order valence-corrected chi connectivity index (χ0v) is 9.09. The topological polar surface area (TPSA) is 121 Å². The summed E-state index contributed by atoms with van der Waals surface area (Å²) in [6.45, 7) is 1.48. The first-order valence-corrected chi connectivity index (χ1v) is 5.75. The van der Waals surface area contributed by atoms with Crippen molar-refractivity contribution in [2.45, 2.75) is 6.92 Å². The Morgan fingerprint density at radius 1 is 1.38 bits per heavy atom. The molecule has 3 N–H and O–H groups in total. The van der Waals surface area contributed by atoms with Crippen LogP contribution in [0.5, 0.6) is 0 Å². The molecule has 0 amide bonds. The molecule has 0 aliphatic carbocycles. The van der Waals surface area contributed by atoms with Crippen LogP contribution in [-0.2, 0) is 0 Å². The maximum Gasteiger partial charge on any atom is 0.483 e. The van der Waals surface area contributed by atoms with Gasteiger partial charge in [0.05, 0.1) is 10.5 Å². The van der Waals surface area contributed by atoms with Crippen LogP contribution in [0, 0.1) is 17.0 Å². The van der Waals surface area contributed by atoms with Crippen molar-refractivity contribution < 1.29 is 24.4 Å². The summed E-state index contributed by atoms with van der Waals surface area (Å²) in [5.41, 5.74) is -1.60. The second kappa shape index (κ2) is 4.23. The molecule has 0 bridgehead atoms. The molecule has 0 aromatic heterocycles. The second-order valence-electron chi connectivity index (χ2n) is 3.13. The lowest BCUT2D eigenvalue weighted by atomic mass is 10.1. The van der Waals surface area contributed by atoms with Crippen molar-refractivity contribution in [3.63, 3.8) is 0 Å². The first-order valence-electron chi connectivity index (χ1n) is 4.10. The van der Waals surface area contributed by atoms with Gasteiger partial charge < -0.3 is 0 Å². The smallest absolute Gasteiger partial charge is 0.258 e. The van der Waals surface area contributed by atoms with Crippen molar-refractivity contribution in [1.82, 2.24) is 0 Å². The highest BCUT2D eigenvalue weighted by Crippen LogP contribution is 2.48. The van der Waals surface area contributed by atoms with Gasteiger partial charge in [-0.25, -0.2) is 4.79 Å². The Labute approximate surface area is 90.7 Å². The highest BCUT2D eigenvalue weighted by atomic mass is 31.2. The Hall–Kier alpha value is -1.40. The summed E-state index contributed by atoms with van der Waals surface area (Å²) in [7, 11) is -4.66. The third-order valence-corrected chi connectivity index (χ3v) is 2.73. The van der Waals surface area contributed by atoms with Crippen LogP contribution >= 0.6 is 7.94 Å². The molecule has 1 aromatic rings. The number of nitrogens with zero attached hydrogens (tertiary/aromatic N) is 1. The van der Waals surface area contributed by atoms with Gasteiger partial charge in [0.2, 0.25) is 0 Å². The van der Waals surface area contributed by atoms with Gasteiger partial charge in [0, 0.05) is 11.6 Å². The molecule has 0 heterocycles. The highest BCUT2D eigenvalue weighted by molar-refractivity contribution is 7.76. The van der Waals surface area contributed by atoms with E-state index in [2.05, 4.69) is 0 Å². The van der Waals surface area contributed by atoms with Crippen molar-refractivity contribution in [3.05, 3.63) is 39.4 Å². The van der Waals surface area contributed by atoms with Crippen LogP contribution in [-0.4, -0.2) is 25.1 Å². The third-order valence-electron chi connectivity index (χ3n) is 1.93. The number of carbonyl (C=O) groups is 1. The number of aryl methyl sites for hydroxylation is 1. The fourth-order valence-corrected chi connectivity index (χ4v) is 1.60. The Kier molecular flexibility index (Phi) is 3.35. The summed E-state index contributed by atoms with van der Waals surface area (Å²) in [4.78, 5) is 47.3. The molecular weight excluding hydrogens is 237 g/mol. The lowest BCUT2D eigenvalue weighted by Crippen LogP contribution is -2.06. The van der Waals surface area contributed by atoms with Crippen LogP contribution in [0.1, 0.15) is 15.9 Å².